The molecule has 2 N–H and O–H groups in total. The largest absolute Gasteiger partial charge is 0.383 e. The fraction of sp³-hybridized carbons (Fsp3) is 0. The van der Waals surface area contributed by atoms with Crippen LogP contribution >= 0.6 is 34.9 Å². The Morgan fingerprint density at radius 3 is 2.45 bits per heavy atom. The molecule has 0 atom stereocenters. The summed E-state index contributed by atoms with van der Waals surface area (Å²) in [5, 5.41) is 0.921. The Morgan fingerprint density at radius 2 is 1.68 bits per heavy atom. The van der Waals surface area contributed by atoms with Gasteiger partial charge in [-0.3, -0.25) is 4.57 Å². The van der Waals surface area contributed by atoms with Crippen LogP contribution in [0, 0.1) is 3.95 Å². The summed E-state index contributed by atoms with van der Waals surface area (Å²) in [6.07, 6.45) is 0. The van der Waals surface area contributed by atoms with E-state index in [1.165, 1.54) is 11.3 Å². The fourth-order valence-corrected chi connectivity index (χ4v) is 4.75. The highest BCUT2D eigenvalue weighted by Crippen LogP contribution is 2.38. The lowest BCUT2D eigenvalue weighted by Gasteiger charge is -2.05. The van der Waals surface area contributed by atoms with E-state index in [9.17, 15) is 0 Å². The summed E-state index contributed by atoms with van der Waals surface area (Å²) in [6, 6.07) is 18.0. The molecule has 0 aliphatic heterocycles. The average Bonchev–Trinajstić information content (AvgIpc) is 3.09. The maximum Gasteiger partial charge on any atom is 0.168 e. The molecule has 108 valence electrons. The molecule has 22 heavy (non-hydrogen) atoms. The van der Waals surface area contributed by atoms with Crippen molar-refractivity contribution >= 4 is 50.9 Å². The molecule has 0 bridgehead atoms. The maximum absolute atomic E-state index is 6.36. The van der Waals surface area contributed by atoms with Gasteiger partial charge in [-0.2, -0.15) is 0 Å². The highest BCUT2D eigenvalue weighted by molar-refractivity contribution is 7.73. The van der Waals surface area contributed by atoms with Crippen LogP contribution in [0.25, 0.3) is 25.8 Å². The van der Waals surface area contributed by atoms with Crippen LogP contribution in [0.1, 0.15) is 0 Å². The zero-order chi connectivity index (χ0) is 15.1. The summed E-state index contributed by atoms with van der Waals surface area (Å²) in [7, 11) is 0. The summed E-state index contributed by atoms with van der Waals surface area (Å²) in [4.78, 5) is 5.62. The number of para-hydroxylation sites is 2. The van der Waals surface area contributed by atoms with E-state index in [0.29, 0.717) is 5.82 Å². The lowest BCUT2D eigenvalue weighted by Crippen LogP contribution is -2.00. The molecule has 2 heterocycles. The minimum Gasteiger partial charge on any atom is -0.383 e. The number of anilines is 1. The average molecular weight is 341 g/mol. The van der Waals surface area contributed by atoms with Gasteiger partial charge in [0.15, 0.2) is 3.95 Å². The molecule has 0 saturated heterocycles. The molecule has 0 spiro atoms. The van der Waals surface area contributed by atoms with Crippen molar-refractivity contribution in [2.45, 2.75) is 0 Å². The summed E-state index contributed by atoms with van der Waals surface area (Å²) < 4.78 is 3.79. The van der Waals surface area contributed by atoms with Crippen LogP contribution in [0.15, 0.2) is 54.6 Å². The van der Waals surface area contributed by atoms with Crippen molar-refractivity contribution in [2.24, 2.45) is 0 Å². The van der Waals surface area contributed by atoms with Gasteiger partial charge in [0.1, 0.15) is 15.7 Å². The Kier molecular flexibility index (Phi) is 3.29. The molecule has 4 rings (SSSR count). The number of aromatic nitrogens is 2. The number of rotatable bonds is 2. The van der Waals surface area contributed by atoms with Crippen LogP contribution in [0.5, 0.6) is 0 Å². The zero-order valence-electron chi connectivity index (χ0n) is 11.4. The second kappa shape index (κ2) is 5.31. The number of hydrogen-bond acceptors (Lipinski definition) is 5. The molecule has 4 aromatic rings. The number of fused-ring (bicyclic) bond motifs is 1. The Bertz CT molecular complexity index is 979. The number of thiazole rings is 2. The molecule has 0 radical (unpaired) electrons. The molecule has 2 aromatic heterocycles. The first kappa shape index (κ1) is 13.6. The van der Waals surface area contributed by atoms with Crippen LogP contribution in [0.3, 0.4) is 0 Å². The van der Waals surface area contributed by atoms with Crippen molar-refractivity contribution in [3.8, 4) is 15.6 Å². The fourth-order valence-electron chi connectivity index (χ4n) is 2.33. The van der Waals surface area contributed by atoms with Crippen molar-refractivity contribution in [2.75, 3.05) is 5.73 Å². The zero-order valence-corrected chi connectivity index (χ0v) is 13.8. The minimum atomic E-state index is 0.653. The van der Waals surface area contributed by atoms with Gasteiger partial charge >= 0.3 is 0 Å². The van der Waals surface area contributed by atoms with Crippen molar-refractivity contribution in [3.05, 3.63) is 58.6 Å². The quantitative estimate of drug-likeness (QED) is 0.514. The van der Waals surface area contributed by atoms with Crippen molar-refractivity contribution in [1.82, 2.24) is 9.55 Å². The predicted molar refractivity (Wildman–Crippen MR) is 97.5 cm³/mol. The molecule has 0 aliphatic carbocycles. The normalized spacial score (nSPS) is 11.1. The first-order valence-electron chi connectivity index (χ1n) is 6.67. The first-order valence-corrected chi connectivity index (χ1v) is 8.71. The molecule has 3 nitrogen and oxygen atoms in total. The van der Waals surface area contributed by atoms with E-state index in [4.69, 9.17) is 18.0 Å². The summed E-state index contributed by atoms with van der Waals surface area (Å²) in [6.45, 7) is 0. The van der Waals surface area contributed by atoms with Gasteiger partial charge in [-0.1, -0.05) is 41.7 Å². The SMILES string of the molecule is Nc1c(-c2nc3ccccc3s2)sc(=S)n1-c1ccccc1. The van der Waals surface area contributed by atoms with E-state index in [1.54, 1.807) is 11.3 Å². The summed E-state index contributed by atoms with van der Waals surface area (Å²) in [5.74, 6) is 0.653. The highest BCUT2D eigenvalue weighted by atomic mass is 32.1. The van der Waals surface area contributed by atoms with E-state index < -0.39 is 0 Å². The molecule has 2 aromatic carbocycles. The Labute approximate surface area is 140 Å². The van der Waals surface area contributed by atoms with Gasteiger partial charge in [-0.25, -0.2) is 4.98 Å². The van der Waals surface area contributed by atoms with Gasteiger partial charge < -0.3 is 5.73 Å². The van der Waals surface area contributed by atoms with E-state index in [-0.39, 0.29) is 0 Å². The molecule has 0 unspecified atom stereocenters. The van der Waals surface area contributed by atoms with Gasteiger partial charge in [0.05, 0.1) is 10.2 Å². The Morgan fingerprint density at radius 1 is 0.955 bits per heavy atom. The van der Waals surface area contributed by atoms with E-state index in [2.05, 4.69) is 11.1 Å². The van der Waals surface area contributed by atoms with Crippen LogP contribution in [-0.4, -0.2) is 9.55 Å². The summed E-state index contributed by atoms with van der Waals surface area (Å²) >= 11 is 8.65. The molecule has 0 amide bonds. The standard InChI is InChI=1S/C16H11N3S3/c17-14-13(15-18-11-8-4-5-9-12(11)21-15)22-16(20)19(14)10-6-2-1-3-7-10/h1-9H,17H2. The first-order chi connectivity index (χ1) is 10.7. The van der Waals surface area contributed by atoms with E-state index >= 15 is 0 Å². The van der Waals surface area contributed by atoms with Gasteiger partial charge in [0, 0.05) is 5.69 Å². The third-order valence-corrected chi connectivity index (χ3v) is 5.93. The van der Waals surface area contributed by atoms with Crippen molar-refractivity contribution in [3.63, 3.8) is 0 Å². The predicted octanol–water partition coefficient (Wildman–Crippen LogP) is 5.13. The van der Waals surface area contributed by atoms with Gasteiger partial charge in [0.25, 0.3) is 0 Å². The van der Waals surface area contributed by atoms with E-state index in [0.717, 1.165) is 29.7 Å². The maximum atomic E-state index is 6.36. The number of nitrogens with zero attached hydrogens (tertiary/aromatic N) is 2. The number of benzene rings is 2. The lowest BCUT2D eigenvalue weighted by atomic mass is 10.3. The second-order valence-electron chi connectivity index (χ2n) is 4.74. The van der Waals surface area contributed by atoms with Gasteiger partial charge in [0.2, 0.25) is 0 Å². The van der Waals surface area contributed by atoms with E-state index in [1.807, 2.05) is 53.1 Å². The molecule has 0 aliphatic rings. The number of nitrogen functional groups attached to an aromatic ring is 1. The van der Waals surface area contributed by atoms with Crippen molar-refractivity contribution < 1.29 is 0 Å². The molecule has 0 saturated carbocycles. The summed E-state index contributed by atoms with van der Waals surface area (Å²) in [5.41, 5.74) is 8.34. The molecular formula is C16H11N3S3. The molecule has 0 fully saturated rings. The van der Waals surface area contributed by atoms with Gasteiger partial charge in [-0.15, -0.1) is 11.3 Å². The van der Waals surface area contributed by atoms with Crippen LogP contribution in [-0.2, 0) is 0 Å². The monoisotopic (exact) mass is 341 g/mol. The molecular weight excluding hydrogens is 330 g/mol. The second-order valence-corrected chi connectivity index (χ2v) is 7.41. The lowest BCUT2D eigenvalue weighted by molar-refractivity contribution is 1.08. The molecule has 6 heteroatoms. The number of nitrogens with two attached hydrogens (primary N) is 1. The van der Waals surface area contributed by atoms with Crippen molar-refractivity contribution in [1.29, 1.82) is 0 Å². The Hall–Kier alpha value is -2.02. The smallest absolute Gasteiger partial charge is 0.168 e. The topological polar surface area (TPSA) is 43.8 Å². The third-order valence-electron chi connectivity index (χ3n) is 3.35. The van der Waals surface area contributed by atoms with Crippen LogP contribution in [0.2, 0.25) is 0 Å². The van der Waals surface area contributed by atoms with Crippen LogP contribution < -0.4 is 5.73 Å². The number of hydrogen-bond donors (Lipinski definition) is 1. The third kappa shape index (κ3) is 2.16. The van der Waals surface area contributed by atoms with Gasteiger partial charge in [-0.05, 0) is 36.5 Å². The Balaban J connectivity index is 1.92. The minimum absolute atomic E-state index is 0.653. The highest BCUT2D eigenvalue weighted by Gasteiger charge is 2.16. The van der Waals surface area contributed by atoms with Crippen LogP contribution in [0.4, 0.5) is 5.82 Å².